The van der Waals surface area contributed by atoms with Crippen LogP contribution in [-0.2, 0) is 19.5 Å². The molecule has 0 spiro atoms. The van der Waals surface area contributed by atoms with E-state index in [9.17, 15) is 4.79 Å². The van der Waals surface area contributed by atoms with E-state index in [2.05, 4.69) is 42.5 Å². The molecule has 2 aliphatic heterocycles. The monoisotopic (exact) mass is 468 g/mol. The summed E-state index contributed by atoms with van der Waals surface area (Å²) in [6.07, 6.45) is 6.75. The van der Waals surface area contributed by atoms with Crippen LogP contribution in [-0.4, -0.2) is 50.0 Å². The Morgan fingerprint density at radius 1 is 0.971 bits per heavy atom. The van der Waals surface area contributed by atoms with Gasteiger partial charge in [0, 0.05) is 74.7 Å². The van der Waals surface area contributed by atoms with E-state index in [1.165, 1.54) is 16.8 Å². The molecule has 5 heterocycles. The summed E-state index contributed by atoms with van der Waals surface area (Å²) in [6.45, 7) is 4.94. The van der Waals surface area contributed by atoms with Crippen molar-refractivity contribution in [3.63, 3.8) is 0 Å². The lowest BCUT2D eigenvalue weighted by atomic mass is 9.99. The fourth-order valence-electron chi connectivity index (χ4n) is 5.57. The van der Waals surface area contributed by atoms with E-state index in [-0.39, 0.29) is 16.9 Å². The Hall–Kier alpha value is -3.91. The van der Waals surface area contributed by atoms with Crippen LogP contribution >= 0.6 is 0 Å². The van der Waals surface area contributed by atoms with Gasteiger partial charge in [-0.2, -0.15) is 0 Å². The third kappa shape index (κ3) is 3.28. The fraction of sp³-hybridized carbons (Fsp3) is 0.259. The first-order valence-electron chi connectivity index (χ1n) is 12.1. The second-order valence-electron chi connectivity index (χ2n) is 9.45. The number of benzene rings is 2. The van der Waals surface area contributed by atoms with Crippen molar-refractivity contribution in [3.05, 3.63) is 88.4 Å². The molecule has 0 radical (unpaired) electrons. The highest BCUT2D eigenvalue weighted by molar-refractivity contribution is 5.79. The highest BCUT2D eigenvalue weighted by atomic mass is 19.1. The van der Waals surface area contributed by atoms with Gasteiger partial charge in [-0.3, -0.25) is 9.69 Å². The zero-order valence-corrected chi connectivity index (χ0v) is 19.2. The Labute approximate surface area is 201 Å². The lowest BCUT2D eigenvalue weighted by Gasteiger charge is -2.36. The van der Waals surface area contributed by atoms with Gasteiger partial charge in [-0.1, -0.05) is 12.1 Å². The molecule has 0 aliphatic carbocycles. The topological polar surface area (TPSA) is 61.6 Å². The number of aromatic nitrogens is 4. The largest absolute Gasteiger partial charge is 0.369 e. The lowest BCUT2D eigenvalue weighted by molar-refractivity contribution is 0.247. The molecular formula is C27H25FN6O. The summed E-state index contributed by atoms with van der Waals surface area (Å²) in [5, 5.41) is 0. The number of anilines is 1. The minimum absolute atomic E-state index is 0.266. The summed E-state index contributed by atoms with van der Waals surface area (Å²) in [5.41, 5.74) is 5.58. The molecule has 2 aliphatic rings. The summed E-state index contributed by atoms with van der Waals surface area (Å²) in [4.78, 5) is 24.3. The number of fused-ring (bicyclic) bond motifs is 6. The molecular weight excluding hydrogens is 443 g/mol. The van der Waals surface area contributed by atoms with Gasteiger partial charge < -0.3 is 18.9 Å². The highest BCUT2D eigenvalue weighted by Gasteiger charge is 2.22. The van der Waals surface area contributed by atoms with E-state index in [1.807, 2.05) is 24.5 Å². The summed E-state index contributed by atoms with van der Waals surface area (Å²) >= 11 is 0. The van der Waals surface area contributed by atoms with Crippen molar-refractivity contribution in [1.29, 1.82) is 0 Å². The third-order valence-corrected chi connectivity index (χ3v) is 7.48. The number of H-pyrrole nitrogens is 1. The number of aryl methyl sites for hydroxylation is 2. The predicted molar refractivity (Wildman–Crippen MR) is 134 cm³/mol. The van der Waals surface area contributed by atoms with Crippen LogP contribution in [0.4, 0.5) is 10.1 Å². The molecule has 0 amide bonds. The number of hydrogen-bond donors (Lipinski definition) is 1. The van der Waals surface area contributed by atoms with E-state index in [0.717, 1.165) is 45.0 Å². The maximum atomic E-state index is 15.4. The number of aromatic amines is 1. The molecule has 7 nitrogen and oxygen atoms in total. The molecule has 8 heteroatoms. The predicted octanol–water partition coefficient (Wildman–Crippen LogP) is 3.66. The SMILES string of the molecule is O=c1[nH]c2c(F)c(CN3CCN(c4ccc5c(c4)-c4nccn4CC5)CC3)ccc2n2cccc12. The van der Waals surface area contributed by atoms with E-state index in [1.54, 1.807) is 22.7 Å². The van der Waals surface area contributed by atoms with Crippen LogP contribution < -0.4 is 10.5 Å². The minimum Gasteiger partial charge on any atom is -0.369 e. The van der Waals surface area contributed by atoms with Crippen molar-refractivity contribution in [3.8, 4) is 11.4 Å². The van der Waals surface area contributed by atoms with E-state index >= 15 is 4.39 Å². The van der Waals surface area contributed by atoms with Crippen molar-refractivity contribution >= 4 is 22.2 Å². The summed E-state index contributed by atoms with van der Waals surface area (Å²) in [7, 11) is 0. The fourth-order valence-corrected chi connectivity index (χ4v) is 5.57. The molecule has 0 unspecified atom stereocenters. The molecule has 0 bridgehead atoms. The molecule has 2 aromatic carbocycles. The van der Waals surface area contributed by atoms with E-state index in [0.29, 0.717) is 23.1 Å². The van der Waals surface area contributed by atoms with Crippen molar-refractivity contribution in [2.75, 3.05) is 31.1 Å². The van der Waals surface area contributed by atoms with Crippen LogP contribution in [0.25, 0.3) is 27.9 Å². The molecule has 0 atom stereocenters. The summed E-state index contributed by atoms with van der Waals surface area (Å²) in [6, 6.07) is 14.0. The molecule has 176 valence electrons. The number of nitrogens with zero attached hydrogens (tertiary/aromatic N) is 5. The average molecular weight is 469 g/mol. The Kier molecular flexibility index (Phi) is 4.57. The smallest absolute Gasteiger partial charge is 0.272 e. The van der Waals surface area contributed by atoms with Crippen LogP contribution in [0.5, 0.6) is 0 Å². The average Bonchev–Trinajstić information content (AvgIpc) is 3.57. The van der Waals surface area contributed by atoms with Gasteiger partial charge >= 0.3 is 0 Å². The van der Waals surface area contributed by atoms with Crippen LogP contribution in [0.15, 0.2) is 65.8 Å². The lowest BCUT2D eigenvalue weighted by Crippen LogP contribution is -2.46. The summed E-state index contributed by atoms with van der Waals surface area (Å²) < 4.78 is 19.4. The van der Waals surface area contributed by atoms with Gasteiger partial charge in [0.2, 0.25) is 0 Å². The van der Waals surface area contributed by atoms with Crippen molar-refractivity contribution in [2.45, 2.75) is 19.5 Å². The first-order valence-corrected chi connectivity index (χ1v) is 12.1. The van der Waals surface area contributed by atoms with Gasteiger partial charge in [0.15, 0.2) is 5.82 Å². The standard InChI is InChI=1S/C27H25FN6O/c28-24-19(4-6-22-25(24)30-27(35)23-2-1-9-34(22)23)17-31-12-14-32(15-13-31)20-5-3-18-7-10-33-11-8-29-26(33)21(18)16-20/h1-6,8-9,11,16H,7,10,12-15,17H2,(H,30,35). The zero-order chi connectivity index (χ0) is 23.5. The van der Waals surface area contributed by atoms with Gasteiger partial charge in [0.05, 0.1) is 5.52 Å². The molecule has 7 rings (SSSR count). The van der Waals surface area contributed by atoms with Crippen molar-refractivity contribution in [1.82, 2.24) is 23.8 Å². The number of nitrogens with one attached hydrogen (secondary N) is 1. The van der Waals surface area contributed by atoms with Gasteiger partial charge in [-0.05, 0) is 42.3 Å². The maximum absolute atomic E-state index is 15.4. The van der Waals surface area contributed by atoms with Gasteiger partial charge in [0.1, 0.15) is 16.9 Å². The Morgan fingerprint density at radius 3 is 2.74 bits per heavy atom. The molecule has 3 aromatic heterocycles. The molecule has 1 saturated heterocycles. The third-order valence-electron chi connectivity index (χ3n) is 7.48. The Morgan fingerprint density at radius 2 is 1.86 bits per heavy atom. The quantitative estimate of drug-likeness (QED) is 0.439. The molecule has 1 fully saturated rings. The summed E-state index contributed by atoms with van der Waals surface area (Å²) in [5.74, 6) is 0.705. The number of piperazine rings is 1. The van der Waals surface area contributed by atoms with Crippen LogP contribution in [0, 0.1) is 5.82 Å². The van der Waals surface area contributed by atoms with Crippen LogP contribution in [0.1, 0.15) is 11.1 Å². The zero-order valence-electron chi connectivity index (χ0n) is 19.2. The highest BCUT2D eigenvalue weighted by Crippen LogP contribution is 2.32. The molecule has 5 aromatic rings. The van der Waals surface area contributed by atoms with E-state index < -0.39 is 0 Å². The number of imidazole rings is 1. The molecule has 35 heavy (non-hydrogen) atoms. The number of hydrogen-bond acceptors (Lipinski definition) is 4. The minimum atomic E-state index is -0.345. The maximum Gasteiger partial charge on any atom is 0.272 e. The van der Waals surface area contributed by atoms with Crippen molar-refractivity contribution < 1.29 is 4.39 Å². The number of halogens is 1. The van der Waals surface area contributed by atoms with Gasteiger partial charge in [-0.15, -0.1) is 0 Å². The normalized spacial score (nSPS) is 16.1. The Bertz CT molecular complexity index is 1640. The van der Waals surface area contributed by atoms with Gasteiger partial charge in [-0.25, -0.2) is 9.37 Å². The van der Waals surface area contributed by atoms with Crippen LogP contribution in [0.3, 0.4) is 0 Å². The van der Waals surface area contributed by atoms with E-state index in [4.69, 9.17) is 0 Å². The molecule has 0 saturated carbocycles. The van der Waals surface area contributed by atoms with Crippen LogP contribution in [0.2, 0.25) is 0 Å². The second-order valence-corrected chi connectivity index (χ2v) is 9.45. The van der Waals surface area contributed by atoms with Gasteiger partial charge in [0.25, 0.3) is 5.56 Å². The first kappa shape index (κ1) is 20.5. The molecule has 1 N–H and O–H groups in total. The van der Waals surface area contributed by atoms with Crippen molar-refractivity contribution in [2.24, 2.45) is 0 Å². The number of rotatable bonds is 3. The Balaban J connectivity index is 1.10. The second kappa shape index (κ2) is 7.81. The first-order chi connectivity index (χ1) is 17.2.